The van der Waals surface area contributed by atoms with Crippen LogP contribution in [0.2, 0.25) is 0 Å². The molecule has 0 aliphatic rings. The Bertz CT molecular complexity index is 362. The molecule has 0 spiro atoms. The lowest BCUT2D eigenvalue weighted by Crippen LogP contribution is -2.35. The van der Waals surface area contributed by atoms with Crippen molar-refractivity contribution in [2.75, 3.05) is 6.61 Å². The molecule has 0 aliphatic carbocycles. The Morgan fingerprint density at radius 2 is 1.63 bits per heavy atom. The zero-order chi connectivity index (χ0) is 14.4. The maximum Gasteiger partial charge on any atom is 0.119 e. The molecule has 0 saturated carbocycles. The predicted octanol–water partition coefficient (Wildman–Crippen LogP) is 3.14. The van der Waals surface area contributed by atoms with Crippen LogP contribution in [0.5, 0.6) is 5.75 Å². The van der Waals surface area contributed by atoms with Crippen LogP contribution in [-0.4, -0.2) is 23.9 Å². The molecule has 3 unspecified atom stereocenters. The van der Waals surface area contributed by atoms with Crippen LogP contribution in [0, 0.1) is 5.92 Å². The smallest absolute Gasteiger partial charge is 0.119 e. The minimum absolute atomic E-state index is 0.201. The van der Waals surface area contributed by atoms with Gasteiger partial charge in [0.25, 0.3) is 0 Å². The molecule has 0 fully saturated rings. The van der Waals surface area contributed by atoms with Gasteiger partial charge in [0.1, 0.15) is 5.75 Å². The molecular weight excluding hydrogens is 238 g/mol. The first-order chi connectivity index (χ1) is 8.93. The van der Waals surface area contributed by atoms with E-state index in [1.54, 1.807) is 0 Å². The van der Waals surface area contributed by atoms with Crippen LogP contribution >= 0.6 is 0 Å². The third kappa shape index (κ3) is 5.21. The van der Waals surface area contributed by atoms with Crippen molar-refractivity contribution in [1.82, 2.24) is 5.32 Å². The molecule has 3 atom stereocenters. The van der Waals surface area contributed by atoms with Crippen molar-refractivity contribution in [3.05, 3.63) is 29.8 Å². The minimum Gasteiger partial charge on any atom is -0.491 e. The fraction of sp³-hybridized carbons (Fsp3) is 0.625. The summed E-state index contributed by atoms with van der Waals surface area (Å²) in [4.78, 5) is 0. The van der Waals surface area contributed by atoms with Crippen molar-refractivity contribution in [1.29, 1.82) is 0 Å². The first-order valence-corrected chi connectivity index (χ1v) is 7.07. The maximum absolute atomic E-state index is 9.15. The van der Waals surface area contributed by atoms with Gasteiger partial charge in [0.15, 0.2) is 0 Å². The Balaban J connectivity index is 2.60. The van der Waals surface area contributed by atoms with E-state index in [1.165, 1.54) is 5.56 Å². The Labute approximate surface area is 117 Å². The summed E-state index contributed by atoms with van der Waals surface area (Å²) in [5.74, 6) is 1.16. The number of benzene rings is 1. The summed E-state index contributed by atoms with van der Waals surface area (Å²) in [5, 5.41) is 12.7. The van der Waals surface area contributed by atoms with E-state index in [9.17, 15) is 0 Å². The quantitative estimate of drug-likeness (QED) is 0.796. The Morgan fingerprint density at radius 3 is 2.11 bits per heavy atom. The molecule has 1 aromatic carbocycles. The van der Waals surface area contributed by atoms with Gasteiger partial charge in [0.05, 0.1) is 6.10 Å². The highest BCUT2D eigenvalue weighted by Crippen LogP contribution is 2.19. The second kappa shape index (κ2) is 7.51. The third-order valence-electron chi connectivity index (χ3n) is 3.41. The van der Waals surface area contributed by atoms with Crippen molar-refractivity contribution >= 4 is 0 Å². The Hall–Kier alpha value is -1.06. The van der Waals surface area contributed by atoms with Gasteiger partial charge in [-0.25, -0.2) is 0 Å². The summed E-state index contributed by atoms with van der Waals surface area (Å²) in [7, 11) is 0. The number of nitrogens with one attached hydrogen (secondary N) is 1. The standard InChI is InChI=1S/C16H27NO2/c1-11(2)19-16-8-6-15(7-9-16)14(5)17-13(4)12(3)10-18/h6-9,11-14,17-18H,10H2,1-5H3. The molecule has 0 aromatic heterocycles. The van der Waals surface area contributed by atoms with Gasteiger partial charge < -0.3 is 15.2 Å². The summed E-state index contributed by atoms with van der Waals surface area (Å²) in [6, 6.07) is 8.74. The molecule has 2 N–H and O–H groups in total. The fourth-order valence-electron chi connectivity index (χ4n) is 1.92. The summed E-state index contributed by atoms with van der Waals surface area (Å²) in [6.07, 6.45) is 0.201. The molecule has 0 bridgehead atoms. The number of ether oxygens (including phenoxy) is 1. The average Bonchev–Trinajstić information content (AvgIpc) is 2.37. The van der Waals surface area contributed by atoms with Crippen LogP contribution in [0.15, 0.2) is 24.3 Å². The van der Waals surface area contributed by atoms with Gasteiger partial charge in [-0.2, -0.15) is 0 Å². The first kappa shape index (κ1) is 16.0. The lowest BCUT2D eigenvalue weighted by atomic mass is 10.0. The fourth-order valence-corrected chi connectivity index (χ4v) is 1.92. The van der Waals surface area contributed by atoms with E-state index in [0.29, 0.717) is 0 Å². The van der Waals surface area contributed by atoms with E-state index < -0.39 is 0 Å². The van der Waals surface area contributed by atoms with Crippen molar-refractivity contribution in [3.8, 4) is 5.75 Å². The zero-order valence-corrected chi connectivity index (χ0v) is 12.7. The molecule has 108 valence electrons. The van der Waals surface area contributed by atoms with Gasteiger partial charge in [-0.15, -0.1) is 0 Å². The van der Waals surface area contributed by atoms with Gasteiger partial charge in [-0.1, -0.05) is 19.1 Å². The van der Waals surface area contributed by atoms with Crippen molar-refractivity contribution in [2.24, 2.45) is 5.92 Å². The first-order valence-electron chi connectivity index (χ1n) is 7.07. The molecule has 3 nitrogen and oxygen atoms in total. The Morgan fingerprint density at radius 1 is 1.05 bits per heavy atom. The van der Waals surface area contributed by atoms with Crippen LogP contribution in [0.3, 0.4) is 0 Å². The molecule has 0 aliphatic heterocycles. The van der Waals surface area contributed by atoms with Crippen LogP contribution in [0.4, 0.5) is 0 Å². The molecule has 1 aromatic rings. The van der Waals surface area contributed by atoms with Crippen LogP contribution in [0.1, 0.15) is 46.2 Å². The molecular formula is C16H27NO2. The molecule has 3 heteroatoms. The highest BCUT2D eigenvalue weighted by molar-refractivity contribution is 5.29. The van der Waals surface area contributed by atoms with Gasteiger partial charge >= 0.3 is 0 Å². The van der Waals surface area contributed by atoms with Crippen LogP contribution in [0.25, 0.3) is 0 Å². The van der Waals surface area contributed by atoms with E-state index in [0.717, 1.165) is 5.75 Å². The summed E-state index contributed by atoms with van der Waals surface area (Å²) < 4.78 is 5.63. The maximum atomic E-state index is 9.15. The average molecular weight is 265 g/mol. The second-order valence-corrected chi connectivity index (χ2v) is 5.57. The zero-order valence-electron chi connectivity index (χ0n) is 12.7. The van der Waals surface area contributed by atoms with Gasteiger partial charge in [0, 0.05) is 18.7 Å². The predicted molar refractivity (Wildman–Crippen MR) is 79.5 cm³/mol. The normalized spacial score (nSPS) is 16.2. The lowest BCUT2D eigenvalue weighted by molar-refractivity contribution is 0.202. The SMILES string of the molecule is CC(C)Oc1ccc(C(C)NC(C)C(C)CO)cc1. The summed E-state index contributed by atoms with van der Waals surface area (Å²) >= 11 is 0. The lowest BCUT2D eigenvalue weighted by Gasteiger charge is -2.24. The minimum atomic E-state index is 0.201. The number of hydrogen-bond donors (Lipinski definition) is 2. The van der Waals surface area contributed by atoms with Crippen molar-refractivity contribution in [2.45, 2.75) is 52.8 Å². The topological polar surface area (TPSA) is 41.5 Å². The van der Waals surface area contributed by atoms with E-state index in [-0.39, 0.29) is 30.7 Å². The Kier molecular flexibility index (Phi) is 6.32. The van der Waals surface area contributed by atoms with E-state index in [4.69, 9.17) is 9.84 Å². The second-order valence-electron chi connectivity index (χ2n) is 5.57. The largest absolute Gasteiger partial charge is 0.491 e. The van der Waals surface area contributed by atoms with Gasteiger partial charge in [0.2, 0.25) is 0 Å². The molecule has 0 amide bonds. The number of hydrogen-bond acceptors (Lipinski definition) is 3. The molecule has 1 rings (SSSR count). The molecule has 19 heavy (non-hydrogen) atoms. The monoisotopic (exact) mass is 265 g/mol. The molecule has 0 radical (unpaired) electrons. The van der Waals surface area contributed by atoms with Crippen LogP contribution in [-0.2, 0) is 0 Å². The van der Waals surface area contributed by atoms with E-state index in [2.05, 4.69) is 31.3 Å². The van der Waals surface area contributed by atoms with Crippen molar-refractivity contribution in [3.63, 3.8) is 0 Å². The molecule has 0 heterocycles. The van der Waals surface area contributed by atoms with E-state index >= 15 is 0 Å². The van der Waals surface area contributed by atoms with Crippen molar-refractivity contribution < 1.29 is 9.84 Å². The highest BCUT2D eigenvalue weighted by Gasteiger charge is 2.14. The number of aliphatic hydroxyl groups excluding tert-OH is 1. The van der Waals surface area contributed by atoms with Crippen LogP contribution < -0.4 is 10.1 Å². The summed E-state index contributed by atoms with van der Waals surface area (Å²) in [6.45, 7) is 10.5. The summed E-state index contributed by atoms with van der Waals surface area (Å²) in [5.41, 5.74) is 1.23. The van der Waals surface area contributed by atoms with E-state index in [1.807, 2.05) is 32.9 Å². The highest BCUT2D eigenvalue weighted by atomic mass is 16.5. The van der Waals surface area contributed by atoms with Gasteiger partial charge in [-0.3, -0.25) is 0 Å². The number of aliphatic hydroxyl groups is 1. The third-order valence-corrected chi connectivity index (χ3v) is 3.41. The number of rotatable bonds is 7. The molecule has 0 saturated heterocycles. The van der Waals surface area contributed by atoms with Gasteiger partial charge in [-0.05, 0) is 51.3 Å².